The zero-order chi connectivity index (χ0) is 24.3. The second-order valence-electron chi connectivity index (χ2n) is 4.78. The molecule has 0 saturated heterocycles. The standard InChI is InChI=1S/C9F18O2/c10-1(28)2(11,12)9(26,27)29-6(19,8(23,24)25)4(15,16)3(13,14)5(17,18)7(20,21)22. The van der Waals surface area contributed by atoms with E-state index >= 15 is 0 Å². The maximum atomic E-state index is 13.5. The molecule has 0 aromatic rings. The predicted octanol–water partition coefficient (Wildman–Crippen LogP) is 5.42. The third-order valence-corrected chi connectivity index (χ3v) is 2.79. The molecule has 1 atom stereocenters. The van der Waals surface area contributed by atoms with Gasteiger partial charge in [0.25, 0.3) is 0 Å². The highest BCUT2D eigenvalue weighted by Crippen LogP contribution is 2.61. The van der Waals surface area contributed by atoms with Gasteiger partial charge in [-0.3, -0.25) is 9.53 Å². The van der Waals surface area contributed by atoms with Gasteiger partial charge in [0.1, 0.15) is 0 Å². The van der Waals surface area contributed by atoms with Crippen molar-refractivity contribution in [2.24, 2.45) is 0 Å². The number of hydrogen-bond donors (Lipinski definition) is 0. The Morgan fingerprint density at radius 3 is 1.10 bits per heavy atom. The van der Waals surface area contributed by atoms with Crippen LogP contribution >= 0.6 is 0 Å². The van der Waals surface area contributed by atoms with Crippen molar-refractivity contribution in [3.05, 3.63) is 0 Å². The summed E-state index contributed by atoms with van der Waals surface area (Å²) in [5.41, 5.74) is 0. The van der Waals surface area contributed by atoms with Crippen LogP contribution in [0.2, 0.25) is 0 Å². The topological polar surface area (TPSA) is 26.3 Å². The van der Waals surface area contributed by atoms with Gasteiger partial charge < -0.3 is 0 Å². The highest BCUT2D eigenvalue weighted by atomic mass is 19.4. The molecule has 0 aliphatic rings. The van der Waals surface area contributed by atoms with Crippen LogP contribution < -0.4 is 0 Å². The molecule has 0 fully saturated rings. The minimum atomic E-state index is -8.73. The van der Waals surface area contributed by atoms with Gasteiger partial charge in [0.15, 0.2) is 0 Å². The molecule has 29 heavy (non-hydrogen) atoms. The third-order valence-electron chi connectivity index (χ3n) is 2.79. The lowest BCUT2D eigenvalue weighted by Crippen LogP contribution is -2.73. The Bertz CT molecular complexity index is 628. The first-order valence-corrected chi connectivity index (χ1v) is 5.76. The van der Waals surface area contributed by atoms with Crippen LogP contribution in [0.5, 0.6) is 0 Å². The summed E-state index contributed by atoms with van der Waals surface area (Å²) >= 11 is 0. The minimum Gasteiger partial charge on any atom is -0.264 e. The van der Waals surface area contributed by atoms with Crippen LogP contribution in [-0.4, -0.2) is 54.0 Å². The van der Waals surface area contributed by atoms with Gasteiger partial charge in [0.05, 0.1) is 0 Å². The van der Waals surface area contributed by atoms with Gasteiger partial charge in [-0.15, -0.1) is 0 Å². The molecule has 2 nitrogen and oxygen atoms in total. The minimum absolute atomic E-state index is 1.11. The van der Waals surface area contributed by atoms with Crippen LogP contribution in [0.25, 0.3) is 0 Å². The van der Waals surface area contributed by atoms with Gasteiger partial charge in [-0.25, -0.2) is 0 Å². The van der Waals surface area contributed by atoms with Crippen molar-refractivity contribution in [1.29, 1.82) is 0 Å². The summed E-state index contributed by atoms with van der Waals surface area (Å²) in [4.78, 5) is 9.60. The number of hydrogen-bond acceptors (Lipinski definition) is 2. The number of rotatable bonds is 7. The Labute approximate surface area is 144 Å². The molecule has 0 aromatic heterocycles. The second kappa shape index (κ2) is 6.69. The number of ether oxygens (including phenoxy) is 1. The number of halogens is 18. The fraction of sp³-hybridized carbons (Fsp3) is 0.889. The SMILES string of the molecule is O=C(F)C(F)(F)C(F)(F)OC(F)(C(F)(F)F)C(F)(F)C(F)(F)C(F)(F)C(F)(F)F. The molecule has 0 radical (unpaired) electrons. The van der Waals surface area contributed by atoms with E-state index in [9.17, 15) is 83.8 Å². The van der Waals surface area contributed by atoms with Crippen molar-refractivity contribution in [1.82, 2.24) is 0 Å². The summed E-state index contributed by atoms with van der Waals surface area (Å²) in [5.74, 6) is -41.4. The van der Waals surface area contributed by atoms with Crippen molar-refractivity contribution in [3.63, 3.8) is 0 Å². The fourth-order valence-corrected chi connectivity index (χ4v) is 1.23. The van der Waals surface area contributed by atoms with Gasteiger partial charge in [-0.1, -0.05) is 0 Å². The lowest BCUT2D eigenvalue weighted by atomic mass is 9.96. The Balaban J connectivity index is 6.84. The summed E-state index contributed by atoms with van der Waals surface area (Å²) in [6.07, 6.45) is -23.8. The number of carbonyl (C=O) groups excluding carboxylic acids is 1. The van der Waals surface area contributed by atoms with E-state index in [1.807, 2.05) is 0 Å². The Kier molecular flexibility index (Phi) is 6.31. The van der Waals surface area contributed by atoms with Crippen molar-refractivity contribution >= 4 is 6.04 Å². The van der Waals surface area contributed by atoms with E-state index in [1.54, 1.807) is 0 Å². The maximum absolute atomic E-state index is 13.5. The zero-order valence-electron chi connectivity index (χ0n) is 12.1. The fourth-order valence-electron chi connectivity index (χ4n) is 1.23. The quantitative estimate of drug-likeness (QED) is 0.358. The Morgan fingerprint density at radius 1 is 0.517 bits per heavy atom. The Morgan fingerprint density at radius 2 is 0.862 bits per heavy atom. The van der Waals surface area contributed by atoms with Crippen LogP contribution in [0.1, 0.15) is 0 Å². The molecule has 0 N–H and O–H groups in total. The van der Waals surface area contributed by atoms with Crippen molar-refractivity contribution in [2.75, 3.05) is 0 Å². The molecule has 0 heterocycles. The second-order valence-corrected chi connectivity index (χ2v) is 4.78. The van der Waals surface area contributed by atoms with Gasteiger partial charge >= 0.3 is 54.0 Å². The van der Waals surface area contributed by atoms with Crippen LogP contribution in [0.15, 0.2) is 0 Å². The average Bonchev–Trinajstić information content (AvgIpc) is 2.43. The van der Waals surface area contributed by atoms with Gasteiger partial charge in [0, 0.05) is 0 Å². The number of alkyl halides is 17. The van der Waals surface area contributed by atoms with Crippen molar-refractivity contribution in [3.8, 4) is 0 Å². The van der Waals surface area contributed by atoms with E-state index in [1.165, 1.54) is 0 Å². The first kappa shape index (κ1) is 27.4. The molecule has 0 rings (SSSR count). The molecule has 0 spiro atoms. The lowest BCUT2D eigenvalue weighted by molar-refractivity contribution is -0.515. The van der Waals surface area contributed by atoms with E-state index < -0.39 is 54.0 Å². The van der Waals surface area contributed by atoms with Crippen molar-refractivity contribution in [2.45, 2.75) is 48.0 Å². The summed E-state index contributed by atoms with van der Waals surface area (Å²) in [5, 5.41) is 0. The third kappa shape index (κ3) is 3.78. The number of carbonyl (C=O) groups is 1. The monoisotopic (exact) mass is 482 g/mol. The first-order valence-electron chi connectivity index (χ1n) is 5.76. The highest BCUT2D eigenvalue weighted by Gasteiger charge is 2.93. The highest BCUT2D eigenvalue weighted by molar-refractivity contribution is 5.77. The molecule has 0 aliphatic carbocycles. The van der Waals surface area contributed by atoms with E-state index in [-0.39, 0.29) is 0 Å². The van der Waals surface area contributed by atoms with Crippen molar-refractivity contribution < 1.29 is 88.6 Å². The molecule has 20 heteroatoms. The van der Waals surface area contributed by atoms with Crippen LogP contribution in [0.4, 0.5) is 79.0 Å². The van der Waals surface area contributed by atoms with E-state index in [4.69, 9.17) is 0 Å². The molecule has 0 aromatic carbocycles. The molecule has 1 unspecified atom stereocenters. The molecule has 0 saturated carbocycles. The van der Waals surface area contributed by atoms with Gasteiger partial charge in [0.2, 0.25) is 0 Å². The molecular formula is C9F18O2. The smallest absolute Gasteiger partial charge is 0.264 e. The predicted molar refractivity (Wildman–Crippen MR) is 47.9 cm³/mol. The lowest BCUT2D eigenvalue weighted by Gasteiger charge is -2.42. The summed E-state index contributed by atoms with van der Waals surface area (Å²) < 4.78 is 226. The molecule has 0 amide bonds. The summed E-state index contributed by atoms with van der Waals surface area (Å²) in [7, 11) is 0. The zero-order valence-corrected chi connectivity index (χ0v) is 12.1. The largest absolute Gasteiger partial charge is 0.460 e. The summed E-state index contributed by atoms with van der Waals surface area (Å²) in [6, 6.07) is -4.72. The van der Waals surface area contributed by atoms with Crippen LogP contribution in [0, 0.1) is 0 Å². The molecule has 174 valence electrons. The average molecular weight is 482 g/mol. The van der Waals surface area contributed by atoms with Gasteiger partial charge in [-0.2, -0.15) is 79.0 Å². The first-order chi connectivity index (χ1) is 12.2. The molecular weight excluding hydrogens is 482 g/mol. The maximum Gasteiger partial charge on any atom is 0.460 e. The summed E-state index contributed by atoms with van der Waals surface area (Å²) in [6.45, 7) is 0. The van der Waals surface area contributed by atoms with Gasteiger partial charge in [-0.05, 0) is 0 Å². The Hall–Kier alpha value is -1.63. The van der Waals surface area contributed by atoms with Crippen LogP contribution in [-0.2, 0) is 9.53 Å². The molecule has 0 aliphatic heterocycles. The van der Waals surface area contributed by atoms with E-state index in [0.29, 0.717) is 0 Å². The van der Waals surface area contributed by atoms with E-state index in [2.05, 4.69) is 0 Å². The van der Waals surface area contributed by atoms with Crippen LogP contribution in [0.3, 0.4) is 0 Å². The van der Waals surface area contributed by atoms with E-state index in [0.717, 1.165) is 4.74 Å². The molecule has 0 bridgehead atoms. The normalized spacial score (nSPS) is 17.9.